The molecule has 0 aliphatic heterocycles. The Hall–Kier alpha value is -2.36. The van der Waals surface area contributed by atoms with Gasteiger partial charge >= 0.3 is 0 Å². The number of benzene rings is 1. The highest BCUT2D eigenvalue weighted by atomic mass is 16.3. The summed E-state index contributed by atoms with van der Waals surface area (Å²) >= 11 is 0. The molecule has 0 atom stereocenters. The van der Waals surface area contributed by atoms with Crippen molar-refractivity contribution >= 4 is 23.0 Å². The minimum absolute atomic E-state index is 0.108. The van der Waals surface area contributed by atoms with Gasteiger partial charge in [0.05, 0.1) is 5.56 Å². The molecule has 4 nitrogen and oxygen atoms in total. The summed E-state index contributed by atoms with van der Waals surface area (Å²) in [6.45, 7) is 3.77. The molecule has 1 aromatic carbocycles. The molecule has 2 rings (SSSR count). The summed E-state index contributed by atoms with van der Waals surface area (Å²) in [7, 11) is 0. The van der Waals surface area contributed by atoms with Crippen LogP contribution in [0.15, 0.2) is 35.4 Å². The zero-order chi connectivity index (χ0) is 14.2. The van der Waals surface area contributed by atoms with Crippen molar-refractivity contribution in [1.29, 1.82) is 0 Å². The van der Waals surface area contributed by atoms with Gasteiger partial charge in [0.25, 0.3) is 0 Å². The van der Waals surface area contributed by atoms with Gasteiger partial charge in [-0.25, -0.2) is 0 Å². The van der Waals surface area contributed by atoms with E-state index in [0.717, 1.165) is 5.57 Å². The number of carbonyl (C=O) groups excluding carboxylic acids is 2. The Morgan fingerprint density at radius 1 is 1.26 bits per heavy atom. The van der Waals surface area contributed by atoms with Gasteiger partial charge in [0, 0.05) is 16.8 Å². The topological polar surface area (TPSA) is 80.4 Å². The van der Waals surface area contributed by atoms with Crippen LogP contribution in [0.2, 0.25) is 0 Å². The molecule has 0 aromatic heterocycles. The molecule has 0 bridgehead atoms. The second-order valence-corrected chi connectivity index (χ2v) is 4.74. The van der Waals surface area contributed by atoms with E-state index in [1.165, 1.54) is 6.07 Å². The number of anilines is 1. The first-order valence-electron chi connectivity index (χ1n) is 5.97. The van der Waals surface area contributed by atoms with Crippen LogP contribution < -0.4 is 5.73 Å². The summed E-state index contributed by atoms with van der Waals surface area (Å²) in [5, 5.41) is 10.2. The van der Waals surface area contributed by atoms with E-state index in [9.17, 15) is 14.7 Å². The van der Waals surface area contributed by atoms with Crippen molar-refractivity contribution < 1.29 is 14.7 Å². The number of aliphatic hydroxyl groups is 1. The SMILES string of the molecule is CC(C)=CCC1=C(O)c2c(N)cccc2C(=O)C1=O. The average Bonchev–Trinajstić information content (AvgIpc) is 2.35. The van der Waals surface area contributed by atoms with Crippen molar-refractivity contribution in [2.24, 2.45) is 0 Å². The first-order valence-corrected chi connectivity index (χ1v) is 5.97. The number of nitrogen functional groups attached to an aromatic ring is 1. The molecule has 0 heterocycles. The van der Waals surface area contributed by atoms with E-state index in [1.54, 1.807) is 18.2 Å². The van der Waals surface area contributed by atoms with E-state index in [0.29, 0.717) is 5.69 Å². The van der Waals surface area contributed by atoms with Crippen molar-refractivity contribution in [3.8, 4) is 0 Å². The Labute approximate surface area is 111 Å². The number of ketones is 2. The van der Waals surface area contributed by atoms with Crippen molar-refractivity contribution in [2.75, 3.05) is 5.73 Å². The van der Waals surface area contributed by atoms with Gasteiger partial charge in [-0.3, -0.25) is 9.59 Å². The van der Waals surface area contributed by atoms with E-state index in [1.807, 2.05) is 13.8 Å². The van der Waals surface area contributed by atoms with Crippen molar-refractivity contribution in [2.45, 2.75) is 20.3 Å². The minimum atomic E-state index is -0.659. The van der Waals surface area contributed by atoms with Crippen LogP contribution in [0.4, 0.5) is 5.69 Å². The van der Waals surface area contributed by atoms with Crippen LogP contribution in [0.1, 0.15) is 36.2 Å². The fourth-order valence-electron chi connectivity index (χ4n) is 2.04. The highest BCUT2D eigenvalue weighted by molar-refractivity contribution is 6.52. The van der Waals surface area contributed by atoms with Gasteiger partial charge in [0.15, 0.2) is 0 Å². The quantitative estimate of drug-likeness (QED) is 0.485. The lowest BCUT2D eigenvalue weighted by molar-refractivity contribution is -0.112. The first kappa shape index (κ1) is 13.1. The number of allylic oxidation sites excluding steroid dienone is 3. The molecule has 0 spiro atoms. The van der Waals surface area contributed by atoms with Crippen LogP contribution in [-0.4, -0.2) is 16.7 Å². The predicted molar refractivity (Wildman–Crippen MR) is 73.8 cm³/mol. The molecule has 1 aliphatic carbocycles. The third-order valence-electron chi connectivity index (χ3n) is 3.06. The number of hydrogen-bond donors (Lipinski definition) is 2. The van der Waals surface area contributed by atoms with Gasteiger partial charge in [-0.2, -0.15) is 0 Å². The van der Waals surface area contributed by atoms with Crippen LogP contribution in [-0.2, 0) is 4.79 Å². The monoisotopic (exact) mass is 257 g/mol. The molecule has 3 N–H and O–H groups in total. The van der Waals surface area contributed by atoms with E-state index in [-0.39, 0.29) is 28.9 Å². The van der Waals surface area contributed by atoms with Crippen molar-refractivity contribution in [3.63, 3.8) is 0 Å². The Morgan fingerprint density at radius 2 is 1.95 bits per heavy atom. The molecule has 19 heavy (non-hydrogen) atoms. The van der Waals surface area contributed by atoms with Crippen LogP contribution in [0, 0.1) is 0 Å². The number of carbonyl (C=O) groups is 2. The number of hydrogen-bond acceptors (Lipinski definition) is 4. The molecule has 0 saturated heterocycles. The molecule has 98 valence electrons. The lowest BCUT2D eigenvalue weighted by Crippen LogP contribution is -2.24. The molecule has 4 heteroatoms. The van der Waals surface area contributed by atoms with Crippen LogP contribution in [0.25, 0.3) is 5.76 Å². The Morgan fingerprint density at radius 3 is 2.58 bits per heavy atom. The maximum Gasteiger partial charge on any atom is 0.234 e. The standard InChI is InChI=1S/C15H15NO3/c1-8(2)6-7-10-13(17)12-9(14(18)15(10)19)4-3-5-11(12)16/h3-6,17H,7,16H2,1-2H3. The van der Waals surface area contributed by atoms with Gasteiger partial charge in [-0.15, -0.1) is 0 Å². The summed E-state index contributed by atoms with van der Waals surface area (Å²) in [6, 6.07) is 4.68. The largest absolute Gasteiger partial charge is 0.507 e. The molecule has 0 fully saturated rings. The van der Waals surface area contributed by atoms with Gasteiger partial charge in [0.1, 0.15) is 5.76 Å². The Bertz CT molecular complexity index is 635. The van der Waals surface area contributed by atoms with Gasteiger partial charge in [-0.1, -0.05) is 23.8 Å². The molecule has 0 unspecified atom stereocenters. The Balaban J connectivity index is 2.63. The lowest BCUT2D eigenvalue weighted by Gasteiger charge is -2.18. The van der Waals surface area contributed by atoms with Gasteiger partial charge < -0.3 is 10.8 Å². The number of fused-ring (bicyclic) bond motifs is 1. The summed E-state index contributed by atoms with van der Waals surface area (Å²) in [5.74, 6) is -1.46. The number of aliphatic hydroxyl groups excluding tert-OH is 1. The first-order chi connectivity index (χ1) is 8.93. The molecule has 1 aliphatic rings. The molecule has 1 aromatic rings. The van der Waals surface area contributed by atoms with E-state index in [2.05, 4.69) is 0 Å². The Kier molecular flexibility index (Phi) is 3.25. The smallest absolute Gasteiger partial charge is 0.234 e. The van der Waals surface area contributed by atoms with E-state index in [4.69, 9.17) is 5.73 Å². The zero-order valence-electron chi connectivity index (χ0n) is 10.9. The summed E-state index contributed by atoms with van der Waals surface area (Å²) < 4.78 is 0. The van der Waals surface area contributed by atoms with Gasteiger partial charge in [-0.05, 0) is 26.3 Å². The number of nitrogens with two attached hydrogens (primary N) is 1. The summed E-state index contributed by atoms with van der Waals surface area (Å²) in [4.78, 5) is 24.0. The molecule has 0 amide bonds. The lowest BCUT2D eigenvalue weighted by atomic mass is 9.86. The summed E-state index contributed by atoms with van der Waals surface area (Å²) in [6.07, 6.45) is 2.02. The number of rotatable bonds is 2. The molecular formula is C15H15NO3. The third kappa shape index (κ3) is 2.17. The third-order valence-corrected chi connectivity index (χ3v) is 3.06. The fraction of sp³-hybridized carbons (Fsp3) is 0.200. The average molecular weight is 257 g/mol. The second-order valence-electron chi connectivity index (χ2n) is 4.74. The molecule has 0 saturated carbocycles. The van der Waals surface area contributed by atoms with Crippen LogP contribution >= 0.6 is 0 Å². The summed E-state index contributed by atoms with van der Waals surface area (Å²) in [5.41, 5.74) is 7.63. The highest BCUT2D eigenvalue weighted by Gasteiger charge is 2.33. The molecular weight excluding hydrogens is 242 g/mol. The predicted octanol–water partition coefficient (Wildman–Crippen LogP) is 2.66. The van der Waals surface area contributed by atoms with E-state index < -0.39 is 11.6 Å². The maximum atomic E-state index is 12.0. The zero-order valence-corrected chi connectivity index (χ0v) is 10.9. The maximum absolute atomic E-state index is 12.0. The number of Topliss-reactive ketones (excluding diaryl/α,β-unsaturated/α-hetero) is 2. The second kappa shape index (κ2) is 4.72. The van der Waals surface area contributed by atoms with Crippen LogP contribution in [0.5, 0.6) is 0 Å². The van der Waals surface area contributed by atoms with E-state index >= 15 is 0 Å². The highest BCUT2D eigenvalue weighted by Crippen LogP contribution is 2.33. The van der Waals surface area contributed by atoms with Crippen molar-refractivity contribution in [1.82, 2.24) is 0 Å². The fourth-order valence-corrected chi connectivity index (χ4v) is 2.04. The molecule has 0 radical (unpaired) electrons. The van der Waals surface area contributed by atoms with Crippen molar-refractivity contribution in [3.05, 3.63) is 46.5 Å². The normalized spacial score (nSPS) is 14.4. The van der Waals surface area contributed by atoms with Gasteiger partial charge in [0.2, 0.25) is 11.6 Å². The minimum Gasteiger partial charge on any atom is -0.507 e. The van der Waals surface area contributed by atoms with Crippen LogP contribution in [0.3, 0.4) is 0 Å².